The number of thioether (sulfide) groups is 1. The predicted octanol–water partition coefficient (Wildman–Crippen LogP) is 3.76. The van der Waals surface area contributed by atoms with Crippen molar-refractivity contribution >= 4 is 35.0 Å². The molecule has 148 valence electrons. The molecule has 3 rings (SSSR count). The van der Waals surface area contributed by atoms with Crippen molar-refractivity contribution in [1.82, 2.24) is 14.8 Å². The zero-order chi connectivity index (χ0) is 20.6. The van der Waals surface area contributed by atoms with Crippen LogP contribution in [0.4, 0.5) is 11.4 Å². The molecule has 0 bridgehead atoms. The number of hydrogen-bond donors (Lipinski definition) is 2. The first-order valence-corrected chi connectivity index (χ1v) is 9.96. The van der Waals surface area contributed by atoms with Crippen LogP contribution in [-0.4, -0.2) is 32.3 Å². The maximum atomic E-state index is 12.6. The van der Waals surface area contributed by atoms with Crippen LogP contribution in [0.1, 0.15) is 16.2 Å². The summed E-state index contributed by atoms with van der Waals surface area (Å²) in [5.41, 5.74) is 1.53. The van der Waals surface area contributed by atoms with Crippen molar-refractivity contribution in [1.29, 1.82) is 0 Å². The molecular weight excluding hydrogens is 386 g/mol. The van der Waals surface area contributed by atoms with Gasteiger partial charge >= 0.3 is 0 Å². The van der Waals surface area contributed by atoms with E-state index in [9.17, 15) is 9.59 Å². The summed E-state index contributed by atoms with van der Waals surface area (Å²) in [7, 11) is 0. The zero-order valence-corrected chi connectivity index (χ0v) is 16.8. The highest BCUT2D eigenvalue weighted by molar-refractivity contribution is 7.99. The minimum Gasteiger partial charge on any atom is -0.325 e. The van der Waals surface area contributed by atoms with E-state index in [1.807, 2.05) is 29.7 Å². The van der Waals surface area contributed by atoms with Gasteiger partial charge in [-0.15, -0.1) is 16.8 Å². The van der Waals surface area contributed by atoms with Gasteiger partial charge in [0, 0.05) is 12.2 Å². The lowest BCUT2D eigenvalue weighted by Crippen LogP contribution is -2.19. The number of anilines is 2. The van der Waals surface area contributed by atoms with E-state index in [0.29, 0.717) is 28.6 Å². The molecule has 0 fully saturated rings. The van der Waals surface area contributed by atoms with Gasteiger partial charge in [0.2, 0.25) is 5.91 Å². The van der Waals surface area contributed by atoms with E-state index < -0.39 is 0 Å². The number of nitrogens with zero attached hydrogens (tertiary/aromatic N) is 3. The third-order valence-corrected chi connectivity index (χ3v) is 4.99. The molecule has 0 aliphatic rings. The van der Waals surface area contributed by atoms with Crippen LogP contribution in [0.25, 0.3) is 0 Å². The summed E-state index contributed by atoms with van der Waals surface area (Å²) in [4.78, 5) is 25.1. The molecule has 0 spiro atoms. The molecule has 2 amide bonds. The van der Waals surface area contributed by atoms with Gasteiger partial charge in [-0.3, -0.25) is 9.59 Å². The summed E-state index contributed by atoms with van der Waals surface area (Å²) in [5.74, 6) is 0.377. The minimum atomic E-state index is -0.291. The second kappa shape index (κ2) is 9.70. The Morgan fingerprint density at radius 1 is 1.07 bits per heavy atom. The van der Waals surface area contributed by atoms with Crippen molar-refractivity contribution in [2.24, 2.45) is 0 Å². The number of carbonyl (C=O) groups excluding carboxylic acids is 2. The van der Waals surface area contributed by atoms with Gasteiger partial charge in [-0.05, 0) is 31.2 Å². The molecule has 0 saturated carbocycles. The van der Waals surface area contributed by atoms with Crippen molar-refractivity contribution in [2.75, 3.05) is 16.4 Å². The van der Waals surface area contributed by atoms with Crippen LogP contribution in [0.5, 0.6) is 0 Å². The second-order valence-corrected chi connectivity index (χ2v) is 7.07. The van der Waals surface area contributed by atoms with E-state index in [0.717, 1.165) is 5.82 Å². The van der Waals surface area contributed by atoms with Gasteiger partial charge in [0.05, 0.1) is 17.0 Å². The Kier molecular flexibility index (Phi) is 6.80. The van der Waals surface area contributed by atoms with Crippen LogP contribution in [0.3, 0.4) is 0 Å². The van der Waals surface area contributed by atoms with Crippen LogP contribution in [0.15, 0.2) is 72.4 Å². The molecule has 0 atom stereocenters. The summed E-state index contributed by atoms with van der Waals surface area (Å²) >= 11 is 1.28. The Morgan fingerprint density at radius 3 is 2.55 bits per heavy atom. The first kappa shape index (κ1) is 20.3. The van der Waals surface area contributed by atoms with Crippen LogP contribution >= 0.6 is 11.8 Å². The molecule has 0 aliphatic heterocycles. The minimum absolute atomic E-state index is 0.143. The maximum Gasteiger partial charge on any atom is 0.257 e. The van der Waals surface area contributed by atoms with E-state index in [-0.39, 0.29) is 17.6 Å². The second-order valence-electron chi connectivity index (χ2n) is 6.13. The molecule has 29 heavy (non-hydrogen) atoms. The van der Waals surface area contributed by atoms with Crippen LogP contribution in [0.2, 0.25) is 0 Å². The molecular formula is C21H21N5O2S. The summed E-state index contributed by atoms with van der Waals surface area (Å²) in [5, 5.41) is 14.4. The Balaban J connectivity index is 1.65. The summed E-state index contributed by atoms with van der Waals surface area (Å²) in [6.45, 7) is 6.15. The lowest BCUT2D eigenvalue weighted by atomic mass is 10.1. The molecule has 0 aliphatic carbocycles. The fourth-order valence-corrected chi connectivity index (χ4v) is 3.43. The standard InChI is InChI=1S/C21H21N5O2S/c1-3-13-26-15(2)24-25-21(26)29-14-19(27)23-18-12-8-7-11-17(18)20(28)22-16-9-5-4-6-10-16/h3-12H,1,13-14H2,2H3,(H,22,28)(H,23,27). The number of aromatic nitrogens is 3. The number of benzene rings is 2. The van der Waals surface area contributed by atoms with E-state index in [1.54, 1.807) is 42.5 Å². The highest BCUT2D eigenvalue weighted by Crippen LogP contribution is 2.20. The number of hydrogen-bond acceptors (Lipinski definition) is 5. The van der Waals surface area contributed by atoms with Gasteiger partial charge in [-0.1, -0.05) is 48.2 Å². The summed E-state index contributed by atoms with van der Waals surface area (Å²) in [6.07, 6.45) is 1.75. The van der Waals surface area contributed by atoms with Crippen molar-refractivity contribution in [3.8, 4) is 0 Å². The van der Waals surface area contributed by atoms with Crippen LogP contribution < -0.4 is 10.6 Å². The van der Waals surface area contributed by atoms with Gasteiger partial charge in [0.15, 0.2) is 5.16 Å². The number of allylic oxidation sites excluding steroid dienone is 1. The Morgan fingerprint density at radius 2 is 1.79 bits per heavy atom. The van der Waals surface area contributed by atoms with Gasteiger partial charge in [-0.2, -0.15) is 0 Å². The fourth-order valence-electron chi connectivity index (χ4n) is 2.63. The lowest BCUT2D eigenvalue weighted by molar-refractivity contribution is -0.113. The predicted molar refractivity (Wildman–Crippen MR) is 115 cm³/mol. The van der Waals surface area contributed by atoms with Gasteiger partial charge in [0.25, 0.3) is 5.91 Å². The highest BCUT2D eigenvalue weighted by atomic mass is 32.2. The molecule has 7 nitrogen and oxygen atoms in total. The molecule has 2 aromatic carbocycles. The average Bonchev–Trinajstić information content (AvgIpc) is 3.07. The van der Waals surface area contributed by atoms with Gasteiger partial charge in [-0.25, -0.2) is 0 Å². The van der Waals surface area contributed by atoms with E-state index >= 15 is 0 Å². The lowest BCUT2D eigenvalue weighted by Gasteiger charge is -2.11. The van der Waals surface area contributed by atoms with E-state index in [2.05, 4.69) is 27.4 Å². The smallest absolute Gasteiger partial charge is 0.257 e. The number of para-hydroxylation sites is 2. The first-order valence-electron chi connectivity index (χ1n) is 8.97. The average molecular weight is 407 g/mol. The third-order valence-electron chi connectivity index (χ3n) is 4.02. The molecule has 0 unspecified atom stereocenters. The third kappa shape index (κ3) is 5.32. The Labute approximate surface area is 173 Å². The topological polar surface area (TPSA) is 88.9 Å². The number of aryl methyl sites for hydroxylation is 1. The van der Waals surface area contributed by atoms with E-state index in [4.69, 9.17) is 0 Å². The zero-order valence-electron chi connectivity index (χ0n) is 16.0. The quantitative estimate of drug-likeness (QED) is 0.438. The molecule has 3 aromatic rings. The van der Waals surface area contributed by atoms with Gasteiger partial charge in [0.1, 0.15) is 5.82 Å². The number of amides is 2. The normalized spacial score (nSPS) is 10.4. The molecule has 0 saturated heterocycles. The van der Waals surface area contributed by atoms with Gasteiger partial charge < -0.3 is 15.2 Å². The molecule has 2 N–H and O–H groups in total. The van der Waals surface area contributed by atoms with E-state index in [1.165, 1.54) is 11.8 Å². The van der Waals surface area contributed by atoms with Crippen LogP contribution in [-0.2, 0) is 11.3 Å². The first-order chi connectivity index (χ1) is 14.1. The molecule has 0 radical (unpaired) electrons. The Bertz CT molecular complexity index is 1020. The monoisotopic (exact) mass is 407 g/mol. The largest absolute Gasteiger partial charge is 0.325 e. The molecule has 1 heterocycles. The van der Waals surface area contributed by atoms with Crippen molar-refractivity contribution in [3.05, 3.63) is 78.6 Å². The number of carbonyl (C=O) groups is 2. The van der Waals surface area contributed by atoms with Crippen molar-refractivity contribution in [2.45, 2.75) is 18.6 Å². The summed E-state index contributed by atoms with van der Waals surface area (Å²) in [6, 6.07) is 16.1. The molecule has 8 heteroatoms. The number of nitrogens with one attached hydrogen (secondary N) is 2. The number of rotatable bonds is 8. The van der Waals surface area contributed by atoms with Crippen molar-refractivity contribution in [3.63, 3.8) is 0 Å². The summed E-state index contributed by atoms with van der Waals surface area (Å²) < 4.78 is 1.88. The van der Waals surface area contributed by atoms with Crippen molar-refractivity contribution < 1.29 is 9.59 Å². The Hall–Kier alpha value is -3.39. The maximum absolute atomic E-state index is 12.6. The highest BCUT2D eigenvalue weighted by Gasteiger charge is 2.15. The fraction of sp³-hybridized carbons (Fsp3) is 0.143. The molecule has 1 aromatic heterocycles. The van der Waals surface area contributed by atoms with Crippen LogP contribution in [0, 0.1) is 6.92 Å². The SMILES string of the molecule is C=CCn1c(C)nnc1SCC(=O)Nc1ccccc1C(=O)Nc1ccccc1.